The molecule has 0 atom stereocenters. The molecule has 0 spiro atoms. The lowest BCUT2D eigenvalue weighted by Crippen LogP contribution is -2.03. The summed E-state index contributed by atoms with van der Waals surface area (Å²) in [6.45, 7) is 1.81. The van der Waals surface area contributed by atoms with Crippen molar-refractivity contribution in [1.29, 1.82) is 0 Å². The molecule has 1 heterocycles. The molecule has 0 aliphatic heterocycles. The van der Waals surface area contributed by atoms with Gasteiger partial charge >= 0.3 is 0 Å². The lowest BCUT2D eigenvalue weighted by molar-refractivity contribution is 0.101. The summed E-state index contributed by atoms with van der Waals surface area (Å²) in [7, 11) is 0. The molecule has 0 fully saturated rings. The van der Waals surface area contributed by atoms with E-state index in [9.17, 15) is 9.18 Å². The summed E-state index contributed by atoms with van der Waals surface area (Å²) >= 11 is 3.36. The second-order valence-electron chi connectivity index (χ2n) is 4.58. The predicted molar refractivity (Wildman–Crippen MR) is 78.5 cm³/mol. The fourth-order valence-electron chi connectivity index (χ4n) is 2.09. The summed E-state index contributed by atoms with van der Waals surface area (Å²) in [5.74, 6) is -0.856. The lowest BCUT2D eigenvalue weighted by Gasteiger charge is -2.01. The Labute approximate surface area is 123 Å². The molecule has 20 heavy (non-hydrogen) atoms. The summed E-state index contributed by atoms with van der Waals surface area (Å²) < 4.78 is 20.1. The van der Waals surface area contributed by atoms with Crippen molar-refractivity contribution in [3.8, 4) is 0 Å². The second kappa shape index (κ2) is 4.87. The van der Waals surface area contributed by atoms with Crippen molar-refractivity contribution >= 4 is 32.7 Å². The van der Waals surface area contributed by atoms with E-state index in [1.54, 1.807) is 12.1 Å². The van der Waals surface area contributed by atoms with Gasteiger partial charge in [0.1, 0.15) is 11.4 Å². The summed E-state index contributed by atoms with van der Waals surface area (Å²) in [6, 6.07) is 11.6. The fourth-order valence-corrected chi connectivity index (χ4v) is 2.55. The average molecular weight is 333 g/mol. The standard InChI is InChI=1S/C16H10BrFO2/c1-9-5-6-13(18)11(7-9)15(19)14-8-10-3-2-4-12(17)16(10)20-14/h2-8H,1H3. The van der Waals surface area contributed by atoms with Crippen LogP contribution in [0.3, 0.4) is 0 Å². The van der Waals surface area contributed by atoms with Gasteiger partial charge in [-0.1, -0.05) is 23.8 Å². The molecule has 0 aliphatic rings. The van der Waals surface area contributed by atoms with Crippen molar-refractivity contribution < 1.29 is 13.6 Å². The summed E-state index contributed by atoms with van der Waals surface area (Å²) in [5.41, 5.74) is 1.44. The van der Waals surface area contributed by atoms with E-state index in [0.717, 1.165) is 15.4 Å². The molecular formula is C16H10BrFO2. The van der Waals surface area contributed by atoms with Gasteiger partial charge in [-0.3, -0.25) is 4.79 Å². The van der Waals surface area contributed by atoms with E-state index in [0.29, 0.717) is 5.58 Å². The van der Waals surface area contributed by atoms with E-state index >= 15 is 0 Å². The number of hydrogen-bond donors (Lipinski definition) is 0. The second-order valence-corrected chi connectivity index (χ2v) is 5.44. The van der Waals surface area contributed by atoms with Crippen LogP contribution in [0.25, 0.3) is 11.0 Å². The third kappa shape index (κ3) is 2.16. The molecule has 0 N–H and O–H groups in total. The van der Waals surface area contributed by atoms with Crippen LogP contribution >= 0.6 is 15.9 Å². The first-order valence-electron chi connectivity index (χ1n) is 6.05. The Morgan fingerprint density at radius 2 is 2.00 bits per heavy atom. The van der Waals surface area contributed by atoms with Crippen LogP contribution in [0.4, 0.5) is 4.39 Å². The van der Waals surface area contributed by atoms with E-state index in [1.165, 1.54) is 12.1 Å². The number of aryl methyl sites for hydroxylation is 1. The first-order chi connectivity index (χ1) is 9.56. The Bertz CT molecular complexity index is 820. The molecule has 0 aliphatic carbocycles. The van der Waals surface area contributed by atoms with Crippen LogP contribution in [0.5, 0.6) is 0 Å². The molecule has 0 radical (unpaired) electrons. The molecule has 100 valence electrons. The molecule has 0 bridgehead atoms. The first kappa shape index (κ1) is 13.1. The molecule has 3 rings (SSSR count). The van der Waals surface area contributed by atoms with Crippen LogP contribution in [0.1, 0.15) is 21.7 Å². The predicted octanol–water partition coefficient (Wildman–Crippen LogP) is 4.87. The quantitative estimate of drug-likeness (QED) is 0.626. The Kier molecular flexibility index (Phi) is 3.18. The maximum absolute atomic E-state index is 13.8. The Balaban J connectivity index is 2.13. The highest BCUT2D eigenvalue weighted by atomic mass is 79.9. The van der Waals surface area contributed by atoms with Gasteiger partial charge in [0.2, 0.25) is 5.78 Å². The van der Waals surface area contributed by atoms with Gasteiger partial charge in [-0.05, 0) is 47.1 Å². The van der Waals surface area contributed by atoms with Gasteiger partial charge in [-0.25, -0.2) is 4.39 Å². The third-order valence-corrected chi connectivity index (χ3v) is 3.71. The molecule has 0 unspecified atom stereocenters. The number of carbonyl (C=O) groups excluding carboxylic acids is 1. The van der Waals surface area contributed by atoms with Crippen LogP contribution in [-0.2, 0) is 0 Å². The number of para-hydroxylation sites is 1. The Hall–Kier alpha value is -1.94. The number of rotatable bonds is 2. The highest BCUT2D eigenvalue weighted by Crippen LogP contribution is 2.28. The van der Waals surface area contributed by atoms with E-state index < -0.39 is 11.6 Å². The minimum atomic E-state index is -0.542. The molecule has 2 nitrogen and oxygen atoms in total. The van der Waals surface area contributed by atoms with Crippen LogP contribution in [0.15, 0.2) is 51.4 Å². The minimum Gasteiger partial charge on any atom is -0.451 e. The number of halogens is 2. The zero-order valence-corrected chi connectivity index (χ0v) is 12.2. The van der Waals surface area contributed by atoms with Crippen molar-refractivity contribution in [2.45, 2.75) is 6.92 Å². The minimum absolute atomic E-state index is 0.0279. The normalized spacial score (nSPS) is 10.9. The van der Waals surface area contributed by atoms with Crippen molar-refractivity contribution in [1.82, 2.24) is 0 Å². The van der Waals surface area contributed by atoms with Crippen LogP contribution in [-0.4, -0.2) is 5.78 Å². The van der Waals surface area contributed by atoms with Crippen LogP contribution in [0.2, 0.25) is 0 Å². The van der Waals surface area contributed by atoms with E-state index in [1.807, 2.05) is 25.1 Å². The molecular weight excluding hydrogens is 323 g/mol. The molecule has 3 aromatic rings. The lowest BCUT2D eigenvalue weighted by atomic mass is 10.1. The van der Waals surface area contributed by atoms with Gasteiger partial charge in [0.15, 0.2) is 5.76 Å². The van der Waals surface area contributed by atoms with Crippen molar-refractivity contribution in [3.05, 3.63) is 69.6 Å². The molecule has 0 saturated carbocycles. The van der Waals surface area contributed by atoms with Gasteiger partial charge in [0.25, 0.3) is 0 Å². The van der Waals surface area contributed by atoms with Crippen LogP contribution in [0, 0.1) is 12.7 Å². The summed E-state index contributed by atoms with van der Waals surface area (Å²) in [4.78, 5) is 12.4. The highest BCUT2D eigenvalue weighted by Gasteiger charge is 2.19. The van der Waals surface area contributed by atoms with Gasteiger partial charge in [0.05, 0.1) is 10.0 Å². The zero-order valence-electron chi connectivity index (χ0n) is 10.6. The highest BCUT2D eigenvalue weighted by molar-refractivity contribution is 9.10. The smallest absolute Gasteiger partial charge is 0.231 e. The molecule has 0 saturated heterocycles. The van der Waals surface area contributed by atoms with E-state index in [-0.39, 0.29) is 11.3 Å². The average Bonchev–Trinajstić information content (AvgIpc) is 2.86. The summed E-state index contributed by atoms with van der Waals surface area (Å²) in [5, 5.41) is 0.802. The van der Waals surface area contributed by atoms with Gasteiger partial charge in [0, 0.05) is 5.39 Å². The largest absolute Gasteiger partial charge is 0.451 e. The summed E-state index contributed by atoms with van der Waals surface area (Å²) in [6.07, 6.45) is 0. The topological polar surface area (TPSA) is 30.2 Å². The van der Waals surface area contributed by atoms with Crippen molar-refractivity contribution in [3.63, 3.8) is 0 Å². The van der Waals surface area contributed by atoms with Gasteiger partial charge in [-0.2, -0.15) is 0 Å². The molecule has 1 aromatic heterocycles. The number of carbonyl (C=O) groups is 1. The SMILES string of the molecule is Cc1ccc(F)c(C(=O)c2cc3cccc(Br)c3o2)c1. The zero-order chi connectivity index (χ0) is 14.3. The van der Waals surface area contributed by atoms with Crippen molar-refractivity contribution in [2.24, 2.45) is 0 Å². The number of furan rings is 1. The van der Waals surface area contributed by atoms with Crippen molar-refractivity contribution in [2.75, 3.05) is 0 Å². The fraction of sp³-hybridized carbons (Fsp3) is 0.0625. The number of fused-ring (bicyclic) bond motifs is 1. The molecule has 4 heteroatoms. The monoisotopic (exact) mass is 332 g/mol. The number of hydrogen-bond acceptors (Lipinski definition) is 2. The van der Waals surface area contributed by atoms with E-state index in [2.05, 4.69) is 15.9 Å². The number of benzene rings is 2. The maximum atomic E-state index is 13.8. The Morgan fingerprint density at radius 1 is 1.20 bits per heavy atom. The molecule has 0 amide bonds. The Morgan fingerprint density at radius 3 is 2.75 bits per heavy atom. The number of ketones is 1. The third-order valence-electron chi connectivity index (χ3n) is 3.09. The first-order valence-corrected chi connectivity index (χ1v) is 6.84. The molecule has 2 aromatic carbocycles. The van der Waals surface area contributed by atoms with Gasteiger partial charge < -0.3 is 4.42 Å². The van der Waals surface area contributed by atoms with E-state index in [4.69, 9.17) is 4.42 Å². The maximum Gasteiger partial charge on any atom is 0.231 e. The van der Waals surface area contributed by atoms with Gasteiger partial charge in [-0.15, -0.1) is 0 Å². The van der Waals surface area contributed by atoms with Crippen LogP contribution < -0.4 is 0 Å².